The van der Waals surface area contributed by atoms with Gasteiger partial charge in [-0.1, -0.05) is 12.1 Å². The number of hydrogen-bond acceptors (Lipinski definition) is 4. The van der Waals surface area contributed by atoms with Crippen molar-refractivity contribution in [2.24, 2.45) is 0 Å². The van der Waals surface area contributed by atoms with Crippen LogP contribution in [0.1, 0.15) is 17.7 Å². The number of hydrogen-bond donors (Lipinski definition) is 1. The van der Waals surface area contributed by atoms with E-state index in [9.17, 15) is 13.6 Å². The Kier molecular flexibility index (Phi) is 3.68. The van der Waals surface area contributed by atoms with E-state index in [1.165, 1.54) is 4.90 Å². The molecule has 1 fully saturated rings. The number of nitrogens with zero attached hydrogens (tertiary/aromatic N) is 4. The molecule has 0 bridgehead atoms. The number of aryl methyl sites for hydroxylation is 1. The largest absolute Gasteiger partial charge is 0.310 e. The van der Waals surface area contributed by atoms with Crippen LogP contribution in [0.25, 0.3) is 11.1 Å². The highest BCUT2D eigenvalue weighted by atomic mass is 19.3. The van der Waals surface area contributed by atoms with E-state index in [4.69, 9.17) is 5.26 Å². The number of aromatic amines is 1. The molecule has 0 unspecified atom stereocenters. The van der Waals surface area contributed by atoms with E-state index in [1.807, 2.05) is 25.1 Å². The van der Waals surface area contributed by atoms with Gasteiger partial charge in [0.25, 0.3) is 11.8 Å². The quantitative estimate of drug-likeness (QED) is 0.838. The van der Waals surface area contributed by atoms with Gasteiger partial charge < -0.3 is 4.90 Å². The van der Waals surface area contributed by atoms with E-state index < -0.39 is 30.8 Å². The molecule has 2 aliphatic heterocycles. The van der Waals surface area contributed by atoms with Gasteiger partial charge >= 0.3 is 0 Å². The van der Waals surface area contributed by atoms with Crippen molar-refractivity contribution >= 4 is 11.6 Å². The predicted molar refractivity (Wildman–Crippen MR) is 90.5 cm³/mol. The second-order valence-corrected chi connectivity index (χ2v) is 6.76. The number of rotatable bonds is 2. The lowest BCUT2D eigenvalue weighted by atomic mass is 9.98. The van der Waals surface area contributed by atoms with Gasteiger partial charge in [0, 0.05) is 29.9 Å². The number of H-pyrrole nitrogens is 1. The van der Waals surface area contributed by atoms with Gasteiger partial charge in [0.2, 0.25) is 0 Å². The molecule has 0 saturated carbocycles. The number of carbonyl (C=O) groups excluding carboxylic acids is 1. The summed E-state index contributed by atoms with van der Waals surface area (Å²) in [6.45, 7) is 1.64. The highest BCUT2D eigenvalue weighted by molar-refractivity contribution is 6.00. The second-order valence-electron chi connectivity index (χ2n) is 6.76. The summed E-state index contributed by atoms with van der Waals surface area (Å²) >= 11 is 0. The Morgan fingerprint density at radius 2 is 2.23 bits per heavy atom. The first-order chi connectivity index (χ1) is 12.4. The third-order valence-electron chi connectivity index (χ3n) is 5.10. The van der Waals surface area contributed by atoms with Gasteiger partial charge in [-0.15, -0.1) is 0 Å². The summed E-state index contributed by atoms with van der Waals surface area (Å²) in [6, 6.07) is 4.52. The molecule has 8 heteroatoms. The molecule has 0 aliphatic carbocycles. The van der Waals surface area contributed by atoms with Crippen molar-refractivity contribution in [1.82, 2.24) is 15.1 Å². The fraction of sp³-hybridized carbons (Fsp3) is 0.389. The molecule has 134 valence electrons. The molecule has 1 saturated heterocycles. The zero-order chi connectivity index (χ0) is 18.5. The van der Waals surface area contributed by atoms with Gasteiger partial charge in [-0.3, -0.25) is 14.8 Å². The molecule has 1 aromatic carbocycles. The van der Waals surface area contributed by atoms with Crippen molar-refractivity contribution in [2.45, 2.75) is 31.7 Å². The number of halogens is 2. The van der Waals surface area contributed by atoms with Crippen LogP contribution in [-0.4, -0.2) is 46.1 Å². The number of nitriles is 1. The van der Waals surface area contributed by atoms with E-state index >= 15 is 0 Å². The summed E-state index contributed by atoms with van der Waals surface area (Å²) < 4.78 is 27.4. The van der Waals surface area contributed by atoms with Crippen LogP contribution in [0.5, 0.6) is 0 Å². The fourth-order valence-electron chi connectivity index (χ4n) is 3.86. The molecular formula is C18H17F2N5O. The van der Waals surface area contributed by atoms with E-state index in [0.29, 0.717) is 13.0 Å². The van der Waals surface area contributed by atoms with Crippen LogP contribution in [-0.2, 0) is 11.2 Å². The maximum Gasteiger partial charge on any atom is 0.268 e. The number of aromatic nitrogens is 2. The molecule has 3 heterocycles. The number of fused-ring (bicyclic) bond motifs is 1. The number of carbonyl (C=O) groups is 1. The number of anilines is 1. The third kappa shape index (κ3) is 2.51. The summed E-state index contributed by atoms with van der Waals surface area (Å²) in [5.74, 6) is -3.46. The lowest BCUT2D eigenvalue weighted by Crippen LogP contribution is -2.43. The normalized spacial score (nSPS) is 20.9. The molecule has 0 spiro atoms. The van der Waals surface area contributed by atoms with Crippen molar-refractivity contribution in [1.29, 1.82) is 5.26 Å². The summed E-state index contributed by atoms with van der Waals surface area (Å²) in [7, 11) is 0. The zero-order valence-electron chi connectivity index (χ0n) is 14.2. The van der Waals surface area contributed by atoms with E-state index in [-0.39, 0.29) is 0 Å². The number of amides is 1. The smallest absolute Gasteiger partial charge is 0.268 e. The average Bonchev–Trinajstić information content (AvgIpc) is 3.30. The van der Waals surface area contributed by atoms with Gasteiger partial charge in [-0.2, -0.15) is 10.4 Å². The van der Waals surface area contributed by atoms with Crippen LogP contribution in [0, 0.1) is 18.4 Å². The minimum atomic E-state index is -3.02. The van der Waals surface area contributed by atoms with Crippen molar-refractivity contribution in [3.63, 3.8) is 0 Å². The summed E-state index contributed by atoms with van der Waals surface area (Å²) in [4.78, 5) is 15.3. The van der Waals surface area contributed by atoms with Gasteiger partial charge in [-0.25, -0.2) is 8.78 Å². The van der Waals surface area contributed by atoms with Crippen LogP contribution in [0.15, 0.2) is 24.4 Å². The Hall–Kier alpha value is -2.95. The molecular weight excluding hydrogens is 340 g/mol. The Balaban J connectivity index is 1.68. The van der Waals surface area contributed by atoms with Crippen molar-refractivity contribution in [2.75, 3.05) is 18.0 Å². The van der Waals surface area contributed by atoms with Gasteiger partial charge in [-0.05, 0) is 30.5 Å². The maximum atomic E-state index is 13.7. The average molecular weight is 357 g/mol. The Morgan fingerprint density at radius 3 is 2.92 bits per heavy atom. The van der Waals surface area contributed by atoms with Crippen LogP contribution < -0.4 is 4.90 Å². The van der Waals surface area contributed by atoms with Crippen LogP contribution in [0.2, 0.25) is 0 Å². The molecule has 1 aromatic heterocycles. The highest BCUT2D eigenvalue weighted by Gasteiger charge is 2.49. The zero-order valence-corrected chi connectivity index (χ0v) is 14.2. The standard InChI is InChI=1S/C18H17F2N5O/c1-11-14(8-22-23-11)12-3-2-4-15-13(12)5-6-25(15)17(26)16-7-18(19,20)9-24(16)10-21/h2-4,8,16H,5-7,9H2,1H3,(H,22,23)/t16-/m0/s1. The fourth-order valence-corrected chi connectivity index (χ4v) is 3.86. The van der Waals surface area contributed by atoms with Crippen molar-refractivity contribution < 1.29 is 13.6 Å². The minimum absolute atomic E-state index is 0.420. The highest BCUT2D eigenvalue weighted by Crippen LogP contribution is 2.39. The predicted octanol–water partition coefficient (Wildman–Crippen LogP) is 2.46. The van der Waals surface area contributed by atoms with Gasteiger partial charge in [0.05, 0.1) is 12.7 Å². The first kappa shape index (κ1) is 16.5. The molecule has 6 nitrogen and oxygen atoms in total. The van der Waals surface area contributed by atoms with Crippen LogP contribution >= 0.6 is 0 Å². The van der Waals surface area contributed by atoms with E-state index in [1.54, 1.807) is 12.4 Å². The molecule has 26 heavy (non-hydrogen) atoms. The Bertz CT molecular complexity index is 917. The van der Waals surface area contributed by atoms with Crippen molar-refractivity contribution in [3.05, 3.63) is 35.7 Å². The lowest BCUT2D eigenvalue weighted by Gasteiger charge is -2.24. The monoisotopic (exact) mass is 357 g/mol. The van der Waals surface area contributed by atoms with Gasteiger partial charge in [0.1, 0.15) is 6.04 Å². The first-order valence-electron chi connectivity index (χ1n) is 8.39. The van der Waals surface area contributed by atoms with Gasteiger partial charge in [0.15, 0.2) is 6.19 Å². The Morgan fingerprint density at radius 1 is 1.42 bits per heavy atom. The molecule has 2 aromatic rings. The van der Waals surface area contributed by atoms with E-state index in [2.05, 4.69) is 10.2 Å². The summed E-state index contributed by atoms with van der Waals surface area (Å²) in [5.41, 5.74) is 4.59. The summed E-state index contributed by atoms with van der Waals surface area (Å²) in [6.07, 6.45) is 3.49. The molecule has 1 atom stereocenters. The first-order valence-corrected chi connectivity index (χ1v) is 8.39. The lowest BCUT2D eigenvalue weighted by molar-refractivity contribution is -0.122. The maximum absolute atomic E-state index is 13.7. The topological polar surface area (TPSA) is 76.0 Å². The molecule has 1 amide bonds. The number of nitrogens with one attached hydrogen (secondary N) is 1. The molecule has 0 radical (unpaired) electrons. The molecule has 1 N–H and O–H groups in total. The number of likely N-dealkylation sites (tertiary alicyclic amines) is 1. The minimum Gasteiger partial charge on any atom is -0.310 e. The van der Waals surface area contributed by atoms with Crippen molar-refractivity contribution in [3.8, 4) is 17.3 Å². The Labute approximate surface area is 149 Å². The molecule has 2 aliphatic rings. The number of benzene rings is 1. The SMILES string of the molecule is Cc1[nH]ncc1-c1cccc2c1CCN2C(=O)[C@@H]1CC(F)(F)CN1C#N. The van der Waals surface area contributed by atoms with Crippen LogP contribution in [0.3, 0.4) is 0 Å². The number of alkyl halides is 2. The summed E-state index contributed by atoms with van der Waals surface area (Å²) in [5, 5.41) is 16.1. The van der Waals surface area contributed by atoms with Crippen LogP contribution in [0.4, 0.5) is 14.5 Å². The third-order valence-corrected chi connectivity index (χ3v) is 5.10. The second kappa shape index (κ2) is 5.80. The van der Waals surface area contributed by atoms with E-state index in [0.717, 1.165) is 33.0 Å². The molecule has 4 rings (SSSR count).